The number of nitrogens with one attached hydrogen (secondary N) is 1. The Balaban J connectivity index is 2.33. The fourth-order valence-electron chi connectivity index (χ4n) is 2.39. The second-order valence-corrected chi connectivity index (χ2v) is 6.30. The fourth-order valence-corrected chi connectivity index (χ4v) is 2.39. The normalized spacial score (nSPS) is 13.2. The van der Waals surface area contributed by atoms with E-state index in [1.54, 1.807) is 0 Å². The lowest BCUT2D eigenvalue weighted by atomic mass is 9.86. The molecule has 0 radical (unpaired) electrons. The molecular formula is C18H24N2. The lowest BCUT2D eigenvalue weighted by Crippen LogP contribution is -2.19. The van der Waals surface area contributed by atoms with Crippen LogP contribution in [0.25, 0.3) is 0 Å². The molecule has 20 heavy (non-hydrogen) atoms. The molecule has 2 aromatic rings. The van der Waals surface area contributed by atoms with Crippen LogP contribution in [-0.4, -0.2) is 12.0 Å². The third kappa shape index (κ3) is 3.26. The van der Waals surface area contributed by atoms with Gasteiger partial charge in [0.05, 0.1) is 11.7 Å². The van der Waals surface area contributed by atoms with Gasteiger partial charge in [0.2, 0.25) is 0 Å². The van der Waals surface area contributed by atoms with Gasteiger partial charge in [-0.2, -0.15) is 0 Å². The number of rotatable bonds is 3. The summed E-state index contributed by atoms with van der Waals surface area (Å²) in [4.78, 5) is 4.63. The molecule has 1 heterocycles. The maximum atomic E-state index is 4.63. The Morgan fingerprint density at radius 2 is 1.65 bits per heavy atom. The van der Waals surface area contributed by atoms with Crippen LogP contribution in [0.4, 0.5) is 0 Å². The average molecular weight is 268 g/mol. The van der Waals surface area contributed by atoms with Gasteiger partial charge in [-0.15, -0.1) is 0 Å². The summed E-state index contributed by atoms with van der Waals surface area (Å²) in [5, 5.41) is 3.36. The van der Waals surface area contributed by atoms with Crippen LogP contribution in [0.1, 0.15) is 49.3 Å². The molecule has 0 saturated carbocycles. The summed E-state index contributed by atoms with van der Waals surface area (Å²) in [5.74, 6) is 0. The van der Waals surface area contributed by atoms with Crippen molar-refractivity contribution in [1.29, 1.82) is 0 Å². The molecule has 1 unspecified atom stereocenters. The first-order valence-electron chi connectivity index (χ1n) is 7.13. The monoisotopic (exact) mass is 268 g/mol. The zero-order chi connectivity index (χ0) is 14.8. The average Bonchev–Trinajstić information content (AvgIpc) is 2.39. The van der Waals surface area contributed by atoms with Crippen molar-refractivity contribution in [1.82, 2.24) is 10.3 Å². The van der Waals surface area contributed by atoms with Crippen LogP contribution in [0.15, 0.2) is 42.5 Å². The SMILES string of the molecule is CNC(c1ccc(C(C)(C)C)cc1)c1cccc(C)n1. The van der Waals surface area contributed by atoms with Crippen LogP contribution in [0.5, 0.6) is 0 Å². The molecule has 0 aliphatic rings. The quantitative estimate of drug-likeness (QED) is 0.910. The van der Waals surface area contributed by atoms with E-state index in [4.69, 9.17) is 0 Å². The molecule has 0 aliphatic heterocycles. The van der Waals surface area contributed by atoms with Crippen molar-refractivity contribution in [3.63, 3.8) is 0 Å². The largest absolute Gasteiger partial charge is 0.308 e. The molecule has 1 atom stereocenters. The van der Waals surface area contributed by atoms with Crippen molar-refractivity contribution in [2.75, 3.05) is 7.05 Å². The molecule has 1 aromatic carbocycles. The summed E-state index contributed by atoms with van der Waals surface area (Å²) in [5.41, 5.74) is 4.91. The van der Waals surface area contributed by atoms with Gasteiger partial charge in [0.25, 0.3) is 0 Å². The van der Waals surface area contributed by atoms with Gasteiger partial charge in [-0.1, -0.05) is 51.1 Å². The van der Waals surface area contributed by atoms with Crippen molar-refractivity contribution >= 4 is 0 Å². The first kappa shape index (κ1) is 14.7. The molecule has 1 aromatic heterocycles. The minimum absolute atomic E-state index is 0.143. The molecule has 2 nitrogen and oxygen atoms in total. The Kier molecular flexibility index (Phi) is 4.24. The summed E-state index contributed by atoms with van der Waals surface area (Å²) >= 11 is 0. The molecule has 2 heteroatoms. The van der Waals surface area contributed by atoms with E-state index in [-0.39, 0.29) is 11.5 Å². The predicted molar refractivity (Wildman–Crippen MR) is 85.0 cm³/mol. The number of aromatic nitrogens is 1. The molecule has 0 amide bonds. The first-order valence-corrected chi connectivity index (χ1v) is 7.13. The summed E-state index contributed by atoms with van der Waals surface area (Å²) in [6.07, 6.45) is 0. The maximum Gasteiger partial charge on any atom is 0.0749 e. The van der Waals surface area contributed by atoms with E-state index in [1.165, 1.54) is 11.1 Å². The highest BCUT2D eigenvalue weighted by molar-refractivity contribution is 5.33. The van der Waals surface area contributed by atoms with Crippen LogP contribution in [0, 0.1) is 6.92 Å². The standard InChI is InChI=1S/C18H24N2/c1-13-7-6-8-16(20-13)17(19-5)14-9-11-15(12-10-14)18(2,3)4/h6-12,17,19H,1-5H3. The summed E-state index contributed by atoms with van der Waals surface area (Å²) in [6.45, 7) is 8.73. The third-order valence-corrected chi connectivity index (χ3v) is 3.60. The zero-order valence-corrected chi connectivity index (χ0v) is 13.1. The minimum atomic E-state index is 0.143. The summed E-state index contributed by atoms with van der Waals surface area (Å²) < 4.78 is 0. The molecule has 0 aliphatic carbocycles. The van der Waals surface area contributed by atoms with Crippen LogP contribution in [0.2, 0.25) is 0 Å². The third-order valence-electron chi connectivity index (χ3n) is 3.60. The Morgan fingerprint density at radius 3 is 2.15 bits per heavy atom. The highest BCUT2D eigenvalue weighted by Crippen LogP contribution is 2.26. The van der Waals surface area contributed by atoms with Crippen molar-refractivity contribution in [3.8, 4) is 0 Å². The van der Waals surface area contributed by atoms with Gasteiger partial charge < -0.3 is 5.32 Å². The number of nitrogens with zero attached hydrogens (tertiary/aromatic N) is 1. The Morgan fingerprint density at radius 1 is 1.00 bits per heavy atom. The zero-order valence-electron chi connectivity index (χ0n) is 13.1. The molecule has 0 fully saturated rings. The van der Waals surface area contributed by atoms with Gasteiger partial charge in [-0.3, -0.25) is 4.98 Å². The van der Waals surface area contributed by atoms with Crippen molar-refractivity contribution in [3.05, 3.63) is 65.0 Å². The van der Waals surface area contributed by atoms with Crippen molar-refractivity contribution < 1.29 is 0 Å². The second-order valence-electron chi connectivity index (χ2n) is 6.30. The van der Waals surface area contributed by atoms with Crippen molar-refractivity contribution in [2.24, 2.45) is 0 Å². The molecular weight excluding hydrogens is 244 g/mol. The molecule has 106 valence electrons. The van der Waals surface area contributed by atoms with E-state index < -0.39 is 0 Å². The highest BCUT2D eigenvalue weighted by atomic mass is 14.9. The Hall–Kier alpha value is -1.67. The Labute approximate surface area is 122 Å². The summed E-state index contributed by atoms with van der Waals surface area (Å²) in [7, 11) is 1.98. The van der Waals surface area contributed by atoms with E-state index in [1.807, 2.05) is 20.0 Å². The summed E-state index contributed by atoms with van der Waals surface area (Å²) in [6, 6.07) is 15.1. The number of benzene rings is 1. The van der Waals surface area contributed by atoms with Crippen LogP contribution >= 0.6 is 0 Å². The van der Waals surface area contributed by atoms with Gasteiger partial charge >= 0.3 is 0 Å². The highest BCUT2D eigenvalue weighted by Gasteiger charge is 2.16. The van der Waals surface area contributed by atoms with Crippen LogP contribution in [-0.2, 0) is 5.41 Å². The topological polar surface area (TPSA) is 24.9 Å². The van der Waals surface area contributed by atoms with E-state index in [9.17, 15) is 0 Å². The van der Waals surface area contributed by atoms with Gasteiger partial charge in [0.15, 0.2) is 0 Å². The Bertz CT molecular complexity index is 565. The molecule has 0 spiro atoms. The molecule has 1 N–H and O–H groups in total. The molecule has 2 rings (SSSR count). The minimum Gasteiger partial charge on any atom is -0.308 e. The smallest absolute Gasteiger partial charge is 0.0749 e. The van der Waals surface area contributed by atoms with E-state index >= 15 is 0 Å². The predicted octanol–water partition coefficient (Wildman–Crippen LogP) is 4.00. The molecule has 0 saturated heterocycles. The maximum absolute atomic E-state index is 4.63. The lowest BCUT2D eigenvalue weighted by Gasteiger charge is -2.21. The fraction of sp³-hybridized carbons (Fsp3) is 0.389. The number of aryl methyl sites for hydroxylation is 1. The first-order chi connectivity index (χ1) is 9.41. The van der Waals surface area contributed by atoms with Crippen LogP contribution in [0.3, 0.4) is 0 Å². The van der Waals surface area contributed by atoms with E-state index in [0.717, 1.165) is 11.4 Å². The van der Waals surface area contributed by atoms with Gasteiger partial charge in [0, 0.05) is 5.69 Å². The number of pyridine rings is 1. The van der Waals surface area contributed by atoms with Crippen LogP contribution < -0.4 is 5.32 Å². The number of hydrogen-bond donors (Lipinski definition) is 1. The van der Waals surface area contributed by atoms with Gasteiger partial charge in [-0.05, 0) is 42.6 Å². The van der Waals surface area contributed by atoms with E-state index in [0.29, 0.717) is 0 Å². The molecule has 0 bridgehead atoms. The van der Waals surface area contributed by atoms with Crippen molar-refractivity contribution in [2.45, 2.75) is 39.2 Å². The lowest BCUT2D eigenvalue weighted by molar-refractivity contribution is 0.588. The van der Waals surface area contributed by atoms with E-state index in [2.05, 4.69) is 67.5 Å². The second kappa shape index (κ2) is 5.76. The number of hydrogen-bond acceptors (Lipinski definition) is 2. The van der Waals surface area contributed by atoms with Gasteiger partial charge in [0.1, 0.15) is 0 Å². The van der Waals surface area contributed by atoms with Gasteiger partial charge in [-0.25, -0.2) is 0 Å².